The summed E-state index contributed by atoms with van der Waals surface area (Å²) < 4.78 is 30.2. The van der Waals surface area contributed by atoms with E-state index >= 15 is 0 Å². The molecule has 0 saturated carbocycles. The highest BCUT2D eigenvalue weighted by atomic mass is 32.2. The molecule has 17 heavy (non-hydrogen) atoms. The third kappa shape index (κ3) is 2.32. The van der Waals surface area contributed by atoms with E-state index in [1.165, 1.54) is 0 Å². The van der Waals surface area contributed by atoms with Crippen molar-refractivity contribution >= 4 is 9.84 Å². The molecule has 1 atom stereocenters. The summed E-state index contributed by atoms with van der Waals surface area (Å²) in [5.74, 6) is 0.789. The lowest BCUT2D eigenvalue weighted by Crippen LogP contribution is -2.28. The van der Waals surface area contributed by atoms with E-state index in [1.54, 1.807) is 0 Å². The maximum absolute atomic E-state index is 12.3. The Morgan fingerprint density at radius 1 is 1.24 bits per heavy atom. The SMILES string of the molecule is CC(C)(C)C1c2ccccc2OCCS1(=O)=O. The molecule has 3 nitrogen and oxygen atoms in total. The largest absolute Gasteiger partial charge is 0.492 e. The third-order valence-corrected chi connectivity index (χ3v) is 5.39. The molecule has 0 N–H and O–H groups in total. The van der Waals surface area contributed by atoms with E-state index < -0.39 is 15.1 Å². The van der Waals surface area contributed by atoms with E-state index in [0.29, 0.717) is 5.75 Å². The van der Waals surface area contributed by atoms with Gasteiger partial charge in [0.05, 0.1) is 11.0 Å². The molecule has 4 heteroatoms. The minimum absolute atomic E-state index is 0.0869. The number of ether oxygens (including phenoxy) is 1. The van der Waals surface area contributed by atoms with Crippen molar-refractivity contribution in [3.8, 4) is 5.75 Å². The molecule has 0 aromatic heterocycles. The summed E-state index contributed by atoms with van der Waals surface area (Å²) in [5.41, 5.74) is 0.459. The lowest BCUT2D eigenvalue weighted by Gasteiger charge is -2.29. The standard InChI is InChI=1S/C13H18O3S/c1-13(2,3)12-10-6-4-5-7-11(10)16-8-9-17(12,14)15/h4-7,12H,8-9H2,1-3H3. The number of fused-ring (bicyclic) bond motifs is 1. The van der Waals surface area contributed by atoms with Gasteiger partial charge in [-0.25, -0.2) is 8.42 Å². The van der Waals surface area contributed by atoms with Crippen LogP contribution in [0.1, 0.15) is 31.6 Å². The lowest BCUT2D eigenvalue weighted by atomic mass is 9.87. The Hall–Kier alpha value is -1.03. The Balaban J connectivity index is 2.65. The molecular weight excluding hydrogens is 236 g/mol. The van der Waals surface area contributed by atoms with E-state index in [9.17, 15) is 8.42 Å². The number of hydrogen-bond acceptors (Lipinski definition) is 3. The van der Waals surface area contributed by atoms with Crippen molar-refractivity contribution < 1.29 is 13.2 Å². The Labute approximate surface area is 103 Å². The maximum Gasteiger partial charge on any atom is 0.161 e. The number of rotatable bonds is 0. The van der Waals surface area contributed by atoms with Crippen molar-refractivity contribution in [2.24, 2.45) is 5.41 Å². The van der Waals surface area contributed by atoms with Crippen LogP contribution in [-0.2, 0) is 9.84 Å². The Morgan fingerprint density at radius 3 is 2.53 bits per heavy atom. The predicted octanol–water partition coefficient (Wildman–Crippen LogP) is 2.58. The summed E-state index contributed by atoms with van der Waals surface area (Å²) >= 11 is 0. The highest BCUT2D eigenvalue weighted by Crippen LogP contribution is 2.44. The molecule has 2 rings (SSSR count). The van der Waals surface area contributed by atoms with Crippen LogP contribution >= 0.6 is 0 Å². The van der Waals surface area contributed by atoms with Crippen molar-refractivity contribution in [1.82, 2.24) is 0 Å². The van der Waals surface area contributed by atoms with Gasteiger partial charge in [0.2, 0.25) is 0 Å². The molecular formula is C13H18O3S. The van der Waals surface area contributed by atoms with Gasteiger partial charge in [0.25, 0.3) is 0 Å². The molecule has 1 aromatic carbocycles. The second-order valence-corrected chi connectivity index (χ2v) is 7.70. The van der Waals surface area contributed by atoms with Gasteiger partial charge in [-0.1, -0.05) is 39.0 Å². The fourth-order valence-electron chi connectivity index (χ4n) is 2.41. The van der Waals surface area contributed by atoms with Gasteiger partial charge < -0.3 is 4.74 Å². The summed E-state index contributed by atoms with van der Waals surface area (Å²) in [6.07, 6.45) is 0. The summed E-state index contributed by atoms with van der Waals surface area (Å²) in [7, 11) is -3.16. The first-order valence-electron chi connectivity index (χ1n) is 5.76. The Morgan fingerprint density at radius 2 is 1.88 bits per heavy atom. The summed E-state index contributed by atoms with van der Waals surface area (Å²) in [4.78, 5) is 0. The highest BCUT2D eigenvalue weighted by Gasteiger charge is 2.40. The van der Waals surface area contributed by atoms with Gasteiger partial charge in [-0.2, -0.15) is 0 Å². The first kappa shape index (κ1) is 12.4. The molecule has 94 valence electrons. The van der Waals surface area contributed by atoms with Crippen molar-refractivity contribution in [2.75, 3.05) is 12.4 Å². The van der Waals surface area contributed by atoms with Gasteiger partial charge in [-0.05, 0) is 11.5 Å². The molecule has 1 heterocycles. The quantitative estimate of drug-likeness (QED) is 0.714. The van der Waals surface area contributed by atoms with Gasteiger partial charge in [-0.3, -0.25) is 0 Å². The molecule has 1 aliphatic rings. The van der Waals surface area contributed by atoms with E-state index in [-0.39, 0.29) is 17.8 Å². The monoisotopic (exact) mass is 254 g/mol. The Bertz CT molecular complexity index is 512. The summed E-state index contributed by atoms with van der Waals surface area (Å²) in [5, 5.41) is -0.492. The lowest BCUT2D eigenvalue weighted by molar-refractivity contribution is 0.337. The normalized spacial score (nSPS) is 23.4. The molecule has 1 aliphatic heterocycles. The first-order valence-corrected chi connectivity index (χ1v) is 7.47. The van der Waals surface area contributed by atoms with Crippen LogP contribution < -0.4 is 4.74 Å². The number of benzene rings is 1. The smallest absolute Gasteiger partial charge is 0.161 e. The summed E-state index contributed by atoms with van der Waals surface area (Å²) in [6, 6.07) is 7.43. The predicted molar refractivity (Wildman–Crippen MR) is 67.9 cm³/mol. The molecule has 1 aromatic rings. The van der Waals surface area contributed by atoms with Crippen LogP contribution in [0, 0.1) is 5.41 Å². The zero-order valence-corrected chi connectivity index (χ0v) is 11.3. The average Bonchev–Trinajstić information content (AvgIpc) is 2.30. The van der Waals surface area contributed by atoms with Crippen LogP contribution in [0.15, 0.2) is 24.3 Å². The van der Waals surface area contributed by atoms with E-state index in [2.05, 4.69) is 0 Å². The zero-order chi connectivity index (χ0) is 12.7. The maximum atomic E-state index is 12.3. The number of hydrogen-bond donors (Lipinski definition) is 0. The van der Waals surface area contributed by atoms with Crippen LogP contribution in [-0.4, -0.2) is 20.8 Å². The fourth-order valence-corrected chi connectivity index (χ4v) is 4.62. The van der Waals surface area contributed by atoms with Gasteiger partial charge in [0.15, 0.2) is 9.84 Å². The highest BCUT2D eigenvalue weighted by molar-refractivity contribution is 7.91. The second kappa shape index (κ2) is 4.02. The van der Waals surface area contributed by atoms with Crippen LogP contribution in [0.2, 0.25) is 0 Å². The molecule has 0 saturated heterocycles. The van der Waals surface area contributed by atoms with E-state index in [4.69, 9.17) is 4.74 Å². The van der Waals surface area contributed by atoms with Crippen LogP contribution in [0.25, 0.3) is 0 Å². The minimum atomic E-state index is -3.16. The van der Waals surface area contributed by atoms with Crippen molar-refractivity contribution in [1.29, 1.82) is 0 Å². The van der Waals surface area contributed by atoms with Crippen molar-refractivity contribution in [3.05, 3.63) is 29.8 Å². The van der Waals surface area contributed by atoms with Gasteiger partial charge in [-0.15, -0.1) is 0 Å². The topological polar surface area (TPSA) is 43.4 Å². The van der Waals surface area contributed by atoms with E-state index in [1.807, 2.05) is 45.0 Å². The van der Waals surface area contributed by atoms with Crippen LogP contribution in [0.4, 0.5) is 0 Å². The molecule has 0 fully saturated rings. The van der Waals surface area contributed by atoms with Gasteiger partial charge in [0, 0.05) is 5.56 Å². The van der Waals surface area contributed by atoms with Crippen LogP contribution in [0.3, 0.4) is 0 Å². The van der Waals surface area contributed by atoms with Crippen molar-refractivity contribution in [3.63, 3.8) is 0 Å². The Kier molecular flexibility index (Phi) is 2.94. The molecule has 0 bridgehead atoms. The molecule has 1 unspecified atom stereocenters. The third-order valence-electron chi connectivity index (χ3n) is 2.97. The minimum Gasteiger partial charge on any atom is -0.492 e. The molecule has 0 aliphatic carbocycles. The van der Waals surface area contributed by atoms with Gasteiger partial charge >= 0.3 is 0 Å². The molecule has 0 radical (unpaired) electrons. The second-order valence-electron chi connectivity index (χ2n) is 5.50. The van der Waals surface area contributed by atoms with Crippen LogP contribution in [0.5, 0.6) is 5.75 Å². The fraction of sp³-hybridized carbons (Fsp3) is 0.538. The van der Waals surface area contributed by atoms with Crippen molar-refractivity contribution in [2.45, 2.75) is 26.0 Å². The van der Waals surface area contributed by atoms with E-state index in [0.717, 1.165) is 5.56 Å². The molecule has 0 amide bonds. The number of sulfone groups is 1. The average molecular weight is 254 g/mol. The summed E-state index contributed by atoms with van der Waals surface area (Å²) in [6.45, 7) is 6.11. The first-order chi connectivity index (χ1) is 7.82. The van der Waals surface area contributed by atoms with Gasteiger partial charge in [0.1, 0.15) is 12.4 Å². The number of para-hydroxylation sites is 1. The molecule has 0 spiro atoms. The zero-order valence-electron chi connectivity index (χ0n) is 10.4.